The number of aliphatic carboxylic acids is 1. The van der Waals surface area contributed by atoms with Gasteiger partial charge < -0.3 is 9.67 Å². The molecular weight excluding hydrogens is 346 g/mol. The van der Waals surface area contributed by atoms with E-state index in [-0.39, 0.29) is 0 Å². The Labute approximate surface area is 167 Å². The Bertz CT molecular complexity index is 979. The molecule has 0 aliphatic rings. The maximum absolute atomic E-state index is 10.9. The Morgan fingerprint density at radius 1 is 1.14 bits per heavy atom. The summed E-state index contributed by atoms with van der Waals surface area (Å²) in [6, 6.07) is 17.8. The summed E-state index contributed by atoms with van der Waals surface area (Å²) >= 11 is 0. The van der Waals surface area contributed by atoms with Crippen LogP contribution >= 0.6 is 0 Å². The molecule has 0 radical (unpaired) electrons. The van der Waals surface area contributed by atoms with E-state index < -0.39 is 5.97 Å². The Morgan fingerprint density at radius 2 is 1.89 bits per heavy atom. The molecule has 1 atom stereocenters. The van der Waals surface area contributed by atoms with Crippen molar-refractivity contribution in [3.63, 3.8) is 0 Å². The molecule has 0 saturated heterocycles. The summed E-state index contributed by atoms with van der Waals surface area (Å²) in [4.78, 5) is 10.9. The van der Waals surface area contributed by atoms with Crippen LogP contribution in [0.3, 0.4) is 0 Å². The van der Waals surface area contributed by atoms with Crippen molar-refractivity contribution in [1.82, 2.24) is 4.57 Å². The van der Waals surface area contributed by atoms with Gasteiger partial charge in [-0.15, -0.1) is 0 Å². The lowest BCUT2D eigenvalue weighted by molar-refractivity contribution is -0.131. The van der Waals surface area contributed by atoms with Gasteiger partial charge in [-0.25, -0.2) is 4.79 Å². The lowest BCUT2D eigenvalue weighted by Crippen LogP contribution is -2.09. The number of carboxylic acids is 1. The molecule has 0 aliphatic carbocycles. The monoisotopic (exact) mass is 375 g/mol. The van der Waals surface area contributed by atoms with E-state index in [0.29, 0.717) is 12.5 Å². The number of aromatic nitrogens is 1. The molecule has 0 spiro atoms. The number of unbranched alkanes of at least 4 members (excludes halogenated alkanes) is 1. The van der Waals surface area contributed by atoms with E-state index in [1.807, 2.05) is 6.92 Å². The van der Waals surface area contributed by atoms with Crippen LogP contribution in [0.25, 0.3) is 10.9 Å². The zero-order valence-corrected chi connectivity index (χ0v) is 17.0. The highest BCUT2D eigenvalue weighted by Crippen LogP contribution is 2.30. The highest BCUT2D eigenvalue weighted by Gasteiger charge is 2.15. The first-order valence-corrected chi connectivity index (χ1v) is 10.0. The molecule has 3 rings (SSSR count). The van der Waals surface area contributed by atoms with Crippen molar-refractivity contribution >= 4 is 16.9 Å². The molecule has 2 aromatic carbocycles. The Morgan fingerprint density at radius 3 is 2.57 bits per heavy atom. The molecule has 1 unspecified atom stereocenters. The molecule has 1 N–H and O–H groups in total. The van der Waals surface area contributed by atoms with Gasteiger partial charge in [0.1, 0.15) is 0 Å². The van der Waals surface area contributed by atoms with E-state index in [4.69, 9.17) is 5.11 Å². The number of hydrogen-bond donors (Lipinski definition) is 1. The fraction of sp³-hybridized carbons (Fsp3) is 0.320. The predicted molar refractivity (Wildman–Crippen MR) is 116 cm³/mol. The molecule has 0 bridgehead atoms. The number of benzene rings is 2. The topological polar surface area (TPSA) is 42.2 Å². The average Bonchev–Trinajstić information content (AvgIpc) is 3.06. The molecule has 0 fully saturated rings. The van der Waals surface area contributed by atoms with Crippen molar-refractivity contribution in [2.24, 2.45) is 0 Å². The summed E-state index contributed by atoms with van der Waals surface area (Å²) in [5.41, 5.74) is 5.85. The van der Waals surface area contributed by atoms with Crippen LogP contribution in [0.15, 0.2) is 66.4 Å². The van der Waals surface area contributed by atoms with Crippen LogP contribution in [0.5, 0.6) is 0 Å². The second-order valence-electron chi connectivity index (χ2n) is 7.69. The van der Waals surface area contributed by atoms with Crippen molar-refractivity contribution in [2.45, 2.75) is 52.5 Å². The second kappa shape index (κ2) is 8.92. The fourth-order valence-corrected chi connectivity index (χ4v) is 3.83. The first kappa shape index (κ1) is 19.9. The number of allylic oxidation sites excluding steroid dienone is 1. The molecule has 146 valence electrons. The first-order valence-electron chi connectivity index (χ1n) is 10.0. The third kappa shape index (κ3) is 4.72. The van der Waals surface area contributed by atoms with Crippen LogP contribution < -0.4 is 0 Å². The van der Waals surface area contributed by atoms with Crippen LogP contribution in [-0.4, -0.2) is 15.6 Å². The number of nitrogens with zero attached hydrogens (tertiary/aromatic N) is 1. The van der Waals surface area contributed by atoms with Gasteiger partial charge in [0.2, 0.25) is 0 Å². The van der Waals surface area contributed by atoms with E-state index >= 15 is 0 Å². The van der Waals surface area contributed by atoms with Gasteiger partial charge in [0.15, 0.2) is 0 Å². The normalized spacial score (nSPS) is 13.0. The molecule has 28 heavy (non-hydrogen) atoms. The third-order valence-electron chi connectivity index (χ3n) is 5.27. The average molecular weight is 376 g/mol. The minimum atomic E-state index is -0.887. The van der Waals surface area contributed by atoms with Gasteiger partial charge in [-0.3, -0.25) is 0 Å². The number of aryl methyl sites for hydroxylation is 1. The van der Waals surface area contributed by atoms with Crippen molar-refractivity contribution in [1.29, 1.82) is 0 Å². The minimum Gasteiger partial charge on any atom is -0.478 e. The summed E-state index contributed by atoms with van der Waals surface area (Å²) in [5.74, 6) is -0.887. The maximum atomic E-state index is 10.9. The number of hydrogen-bond acceptors (Lipinski definition) is 1. The van der Waals surface area contributed by atoms with Crippen molar-refractivity contribution in [3.05, 3.63) is 83.1 Å². The zero-order valence-electron chi connectivity index (χ0n) is 17.0. The summed E-state index contributed by atoms with van der Waals surface area (Å²) < 4.78 is 2.39. The van der Waals surface area contributed by atoms with E-state index in [0.717, 1.165) is 17.6 Å². The fourth-order valence-electron chi connectivity index (χ4n) is 3.83. The number of carboxylic acid groups (broad SMARTS) is 1. The molecule has 1 aromatic heterocycles. The highest BCUT2D eigenvalue weighted by molar-refractivity contribution is 5.82. The number of rotatable bonds is 8. The van der Waals surface area contributed by atoms with E-state index in [9.17, 15) is 4.79 Å². The molecule has 1 heterocycles. The van der Waals surface area contributed by atoms with E-state index in [1.165, 1.54) is 40.9 Å². The third-order valence-corrected chi connectivity index (χ3v) is 5.27. The van der Waals surface area contributed by atoms with Crippen LogP contribution in [0.1, 0.15) is 55.8 Å². The molecule has 0 saturated carbocycles. The molecule has 3 heteroatoms. The summed E-state index contributed by atoms with van der Waals surface area (Å²) in [5, 5.41) is 10.1. The van der Waals surface area contributed by atoms with Gasteiger partial charge in [0.05, 0.1) is 6.04 Å². The van der Waals surface area contributed by atoms with Crippen LogP contribution in [-0.2, 0) is 11.2 Å². The van der Waals surface area contributed by atoms with Gasteiger partial charge in [-0.05, 0) is 61.4 Å². The predicted octanol–water partition coefficient (Wildman–Crippen LogP) is 6.30. The van der Waals surface area contributed by atoms with E-state index in [1.54, 1.807) is 0 Å². The van der Waals surface area contributed by atoms with Gasteiger partial charge >= 0.3 is 5.97 Å². The van der Waals surface area contributed by atoms with E-state index in [2.05, 4.69) is 73.1 Å². The quantitative estimate of drug-likeness (QED) is 0.469. The Hall–Kier alpha value is -2.81. The SMILES string of the molecule is CCCCC(c1ccc(C)cc1)n1ccc2cc(CC(C)=CC(=O)O)ccc21. The van der Waals surface area contributed by atoms with Crippen LogP contribution in [0.4, 0.5) is 0 Å². The number of fused-ring (bicyclic) bond motifs is 1. The number of carbonyl (C=O) groups is 1. The van der Waals surface area contributed by atoms with Crippen LogP contribution in [0.2, 0.25) is 0 Å². The largest absolute Gasteiger partial charge is 0.478 e. The Balaban J connectivity index is 1.94. The maximum Gasteiger partial charge on any atom is 0.328 e. The lowest BCUT2D eigenvalue weighted by atomic mass is 9.99. The van der Waals surface area contributed by atoms with Gasteiger partial charge in [0, 0.05) is 17.8 Å². The molecule has 3 aromatic rings. The molecule has 3 nitrogen and oxygen atoms in total. The highest BCUT2D eigenvalue weighted by atomic mass is 16.4. The molecule has 0 aliphatic heterocycles. The molecule has 0 amide bonds. The smallest absolute Gasteiger partial charge is 0.328 e. The van der Waals surface area contributed by atoms with Crippen molar-refractivity contribution in [2.75, 3.05) is 0 Å². The summed E-state index contributed by atoms with van der Waals surface area (Å²) in [6.07, 6.45) is 7.62. The van der Waals surface area contributed by atoms with Gasteiger partial charge in [-0.2, -0.15) is 0 Å². The summed E-state index contributed by atoms with van der Waals surface area (Å²) in [7, 11) is 0. The second-order valence-corrected chi connectivity index (χ2v) is 7.69. The summed E-state index contributed by atoms with van der Waals surface area (Å²) in [6.45, 7) is 6.22. The Kier molecular flexibility index (Phi) is 6.35. The van der Waals surface area contributed by atoms with Crippen molar-refractivity contribution < 1.29 is 9.90 Å². The van der Waals surface area contributed by atoms with Crippen molar-refractivity contribution in [3.8, 4) is 0 Å². The lowest BCUT2D eigenvalue weighted by Gasteiger charge is -2.21. The standard InChI is InChI=1S/C25H29NO2/c1-4-5-6-23(21-10-7-18(2)8-11-21)26-14-13-22-17-20(9-12-24(22)26)15-19(3)16-25(27)28/h7-14,16-17,23H,4-6,15H2,1-3H3,(H,27,28). The van der Waals surface area contributed by atoms with Gasteiger partial charge in [-0.1, -0.05) is 61.2 Å². The zero-order chi connectivity index (χ0) is 20.1. The van der Waals surface area contributed by atoms with Crippen LogP contribution in [0, 0.1) is 6.92 Å². The first-order chi connectivity index (χ1) is 13.5. The van der Waals surface area contributed by atoms with Gasteiger partial charge in [0.25, 0.3) is 0 Å². The molecular formula is C25H29NO2. The minimum absolute atomic E-state index is 0.331.